The van der Waals surface area contributed by atoms with E-state index in [1.807, 2.05) is 0 Å². The molecule has 2 aromatic carbocycles. The Morgan fingerprint density at radius 2 is 1.39 bits per heavy atom. The van der Waals surface area contributed by atoms with Crippen LogP contribution in [0.2, 0.25) is 0 Å². The van der Waals surface area contributed by atoms with Gasteiger partial charge in [0.05, 0.1) is 11.4 Å². The number of halogens is 2. The largest absolute Gasteiger partial charge is 0.480 e. The van der Waals surface area contributed by atoms with Crippen LogP contribution in [0.1, 0.15) is 5.56 Å². The van der Waals surface area contributed by atoms with E-state index in [1.54, 1.807) is 48.5 Å². The lowest BCUT2D eigenvalue weighted by atomic mass is 10.1. The second-order valence-corrected chi connectivity index (χ2v) is 4.61. The summed E-state index contributed by atoms with van der Waals surface area (Å²) in [6, 6.07) is 13.3. The number of nitrogen functional groups attached to an aromatic ring is 1. The lowest BCUT2D eigenvalue weighted by Crippen LogP contribution is -2.32. The highest BCUT2D eigenvalue weighted by Gasteiger charge is 2.11. The molecule has 0 aromatic heterocycles. The van der Waals surface area contributed by atoms with Gasteiger partial charge in [0.2, 0.25) is 0 Å². The van der Waals surface area contributed by atoms with E-state index in [0.717, 1.165) is 5.56 Å². The lowest BCUT2D eigenvalue weighted by molar-refractivity contribution is -0.138. The summed E-state index contributed by atoms with van der Waals surface area (Å²) in [5, 5.41) is 16.9. The number of nitrogens with two attached hydrogens (primary N) is 2. The van der Waals surface area contributed by atoms with Crippen LogP contribution in [0.5, 0.6) is 0 Å². The fourth-order valence-corrected chi connectivity index (χ4v) is 1.70. The summed E-state index contributed by atoms with van der Waals surface area (Å²) >= 11 is 0. The van der Waals surface area contributed by atoms with E-state index in [1.165, 1.54) is 0 Å². The first-order valence-corrected chi connectivity index (χ1v) is 6.39. The SMILES string of the molecule is Cl.Cl.Nc1ccc(N=Nc2ccc(C[C@H](N)C(=O)O)cc2)cc1. The van der Waals surface area contributed by atoms with Crippen LogP contribution in [0.4, 0.5) is 17.1 Å². The first-order valence-electron chi connectivity index (χ1n) is 6.39. The van der Waals surface area contributed by atoms with E-state index in [4.69, 9.17) is 16.6 Å². The first kappa shape index (κ1) is 20.9. The van der Waals surface area contributed by atoms with Gasteiger partial charge in [0, 0.05) is 5.69 Å². The average Bonchev–Trinajstić information content (AvgIpc) is 2.48. The number of aliphatic carboxylic acids is 1. The highest BCUT2D eigenvalue weighted by Crippen LogP contribution is 2.20. The maximum Gasteiger partial charge on any atom is 0.320 e. The molecule has 0 fully saturated rings. The highest BCUT2D eigenvalue weighted by molar-refractivity contribution is 5.85. The van der Waals surface area contributed by atoms with Crippen LogP contribution < -0.4 is 11.5 Å². The molecule has 23 heavy (non-hydrogen) atoms. The minimum absolute atomic E-state index is 0. The van der Waals surface area contributed by atoms with Gasteiger partial charge in [-0.1, -0.05) is 12.1 Å². The van der Waals surface area contributed by atoms with Crippen molar-refractivity contribution in [3.05, 3.63) is 54.1 Å². The van der Waals surface area contributed by atoms with Gasteiger partial charge in [-0.15, -0.1) is 24.8 Å². The van der Waals surface area contributed by atoms with E-state index < -0.39 is 12.0 Å². The van der Waals surface area contributed by atoms with Crippen molar-refractivity contribution in [1.82, 2.24) is 0 Å². The Labute approximate surface area is 146 Å². The molecule has 124 valence electrons. The summed E-state index contributed by atoms with van der Waals surface area (Å²) in [5.74, 6) is -1.01. The molecule has 0 spiro atoms. The normalized spacial score (nSPS) is 11.3. The molecule has 5 N–H and O–H groups in total. The van der Waals surface area contributed by atoms with Crippen LogP contribution in [0.25, 0.3) is 0 Å². The summed E-state index contributed by atoms with van der Waals surface area (Å²) < 4.78 is 0. The number of rotatable bonds is 5. The Bertz CT molecular complexity index is 646. The number of carbonyl (C=O) groups is 1. The molecule has 1 atom stereocenters. The van der Waals surface area contributed by atoms with Gasteiger partial charge < -0.3 is 16.6 Å². The zero-order chi connectivity index (χ0) is 15.2. The van der Waals surface area contributed by atoms with Crippen LogP contribution in [0.3, 0.4) is 0 Å². The number of nitrogens with zero attached hydrogens (tertiary/aromatic N) is 2. The molecule has 0 heterocycles. The standard InChI is InChI=1S/C15H16N4O2.2ClH/c16-11-3-7-13(8-4-11)19-18-12-5-1-10(2-6-12)9-14(17)15(20)21;;/h1-8,14H,9,16-17H2,(H,20,21);2*1H/t14-;;/m0../s1. The van der Waals surface area contributed by atoms with Gasteiger partial charge in [-0.05, 0) is 48.4 Å². The highest BCUT2D eigenvalue weighted by atomic mass is 35.5. The molecule has 0 unspecified atom stereocenters. The quantitative estimate of drug-likeness (QED) is 0.561. The molecule has 2 aromatic rings. The smallest absolute Gasteiger partial charge is 0.320 e. The van der Waals surface area contributed by atoms with Gasteiger partial charge in [0.15, 0.2) is 0 Å². The number of carboxylic acids is 1. The number of hydrogen-bond acceptors (Lipinski definition) is 5. The average molecular weight is 357 g/mol. The summed E-state index contributed by atoms with van der Waals surface area (Å²) in [6.07, 6.45) is 0.282. The third-order valence-corrected chi connectivity index (χ3v) is 2.88. The third-order valence-electron chi connectivity index (χ3n) is 2.88. The van der Waals surface area contributed by atoms with E-state index in [0.29, 0.717) is 17.1 Å². The van der Waals surface area contributed by atoms with E-state index in [-0.39, 0.29) is 31.2 Å². The second kappa shape index (κ2) is 9.78. The molecule has 0 radical (unpaired) electrons. The number of hydrogen-bond donors (Lipinski definition) is 3. The minimum atomic E-state index is -1.01. The maximum atomic E-state index is 10.7. The van der Waals surface area contributed by atoms with Gasteiger partial charge in [0.1, 0.15) is 6.04 Å². The molecule has 6 nitrogen and oxygen atoms in total. The number of anilines is 1. The van der Waals surface area contributed by atoms with Crippen LogP contribution in [-0.2, 0) is 11.2 Å². The van der Waals surface area contributed by atoms with Gasteiger partial charge in [-0.2, -0.15) is 10.2 Å². The zero-order valence-corrected chi connectivity index (χ0v) is 13.8. The first-order chi connectivity index (χ1) is 10.0. The maximum absolute atomic E-state index is 10.7. The molecule has 0 aliphatic heterocycles. The summed E-state index contributed by atoms with van der Waals surface area (Å²) in [5.41, 5.74) is 14.0. The summed E-state index contributed by atoms with van der Waals surface area (Å²) in [6.45, 7) is 0. The topological polar surface area (TPSA) is 114 Å². The molecule has 0 amide bonds. The molecule has 0 saturated carbocycles. The Hall–Kier alpha value is -2.15. The molecule has 2 rings (SSSR count). The van der Waals surface area contributed by atoms with Crippen LogP contribution >= 0.6 is 24.8 Å². The van der Waals surface area contributed by atoms with E-state index in [2.05, 4.69) is 10.2 Å². The van der Waals surface area contributed by atoms with E-state index >= 15 is 0 Å². The van der Waals surface area contributed by atoms with Gasteiger partial charge in [0.25, 0.3) is 0 Å². The molecular formula is C15H18Cl2N4O2. The monoisotopic (exact) mass is 356 g/mol. The van der Waals surface area contributed by atoms with Gasteiger partial charge in [-0.25, -0.2) is 0 Å². The fourth-order valence-electron chi connectivity index (χ4n) is 1.70. The van der Waals surface area contributed by atoms with Crippen molar-refractivity contribution in [2.75, 3.05) is 5.73 Å². The molecular weight excluding hydrogens is 339 g/mol. The Morgan fingerprint density at radius 3 is 1.83 bits per heavy atom. The van der Waals surface area contributed by atoms with Crippen molar-refractivity contribution in [3.63, 3.8) is 0 Å². The minimum Gasteiger partial charge on any atom is -0.480 e. The summed E-state index contributed by atoms with van der Waals surface area (Å²) in [7, 11) is 0. The van der Waals surface area contributed by atoms with Crippen molar-refractivity contribution in [1.29, 1.82) is 0 Å². The molecule has 0 aliphatic carbocycles. The zero-order valence-electron chi connectivity index (χ0n) is 12.1. The number of azo groups is 1. The Balaban J connectivity index is 0.00000242. The number of carboxylic acid groups (broad SMARTS) is 1. The van der Waals surface area contributed by atoms with Crippen molar-refractivity contribution in [3.8, 4) is 0 Å². The van der Waals surface area contributed by atoms with Crippen LogP contribution in [0, 0.1) is 0 Å². The molecule has 0 saturated heterocycles. The van der Waals surface area contributed by atoms with Crippen molar-refractivity contribution in [2.45, 2.75) is 12.5 Å². The Morgan fingerprint density at radius 1 is 0.957 bits per heavy atom. The van der Waals surface area contributed by atoms with E-state index in [9.17, 15) is 4.79 Å². The number of benzene rings is 2. The predicted octanol–water partition coefficient (Wildman–Crippen LogP) is 3.48. The lowest BCUT2D eigenvalue weighted by Gasteiger charge is -2.05. The predicted molar refractivity (Wildman–Crippen MR) is 95.3 cm³/mol. The molecule has 0 aliphatic rings. The van der Waals surface area contributed by atoms with Gasteiger partial charge >= 0.3 is 5.97 Å². The van der Waals surface area contributed by atoms with Crippen molar-refractivity contribution in [2.24, 2.45) is 16.0 Å². The Kier molecular flexibility index (Phi) is 8.87. The fraction of sp³-hybridized carbons (Fsp3) is 0.133. The second-order valence-electron chi connectivity index (χ2n) is 4.61. The molecule has 0 bridgehead atoms. The van der Waals surface area contributed by atoms with Crippen molar-refractivity contribution < 1.29 is 9.90 Å². The molecule has 8 heteroatoms. The van der Waals surface area contributed by atoms with Crippen LogP contribution in [0.15, 0.2) is 58.8 Å². The van der Waals surface area contributed by atoms with Crippen molar-refractivity contribution >= 4 is 47.8 Å². The van der Waals surface area contributed by atoms with Gasteiger partial charge in [-0.3, -0.25) is 4.79 Å². The van der Waals surface area contributed by atoms with Crippen LogP contribution in [-0.4, -0.2) is 17.1 Å². The summed E-state index contributed by atoms with van der Waals surface area (Å²) in [4.78, 5) is 10.7. The third kappa shape index (κ3) is 6.65.